The van der Waals surface area contributed by atoms with Crippen LogP contribution < -0.4 is 10.6 Å². The van der Waals surface area contributed by atoms with Crippen molar-refractivity contribution in [2.24, 2.45) is 0 Å². The number of thioether (sulfide) groups is 1. The number of benzene rings is 1. The van der Waals surface area contributed by atoms with Crippen molar-refractivity contribution in [3.63, 3.8) is 0 Å². The van der Waals surface area contributed by atoms with Crippen LogP contribution in [0.5, 0.6) is 0 Å². The number of rotatable bonds is 4. The highest BCUT2D eigenvalue weighted by Crippen LogP contribution is 2.17. The average molecular weight is 264 g/mol. The van der Waals surface area contributed by atoms with E-state index < -0.39 is 0 Å². The number of carbonyl (C=O) groups is 1. The van der Waals surface area contributed by atoms with Gasteiger partial charge in [0.25, 0.3) is 0 Å². The van der Waals surface area contributed by atoms with Crippen molar-refractivity contribution in [3.8, 4) is 0 Å². The van der Waals surface area contributed by atoms with Crippen LogP contribution in [0.1, 0.15) is 19.8 Å². The van der Waals surface area contributed by atoms with E-state index in [2.05, 4.69) is 10.6 Å². The monoisotopic (exact) mass is 264 g/mol. The molecule has 1 heterocycles. The second kappa shape index (κ2) is 6.81. The SMILES string of the molecule is CC(NC1CCCSC1)C(=O)Nc1ccccc1. The first-order chi connectivity index (χ1) is 8.75. The van der Waals surface area contributed by atoms with E-state index in [-0.39, 0.29) is 11.9 Å². The fourth-order valence-electron chi connectivity index (χ4n) is 2.07. The summed E-state index contributed by atoms with van der Waals surface area (Å²) in [5.74, 6) is 2.41. The summed E-state index contributed by atoms with van der Waals surface area (Å²) in [6, 6.07) is 9.92. The van der Waals surface area contributed by atoms with Crippen LogP contribution in [0.3, 0.4) is 0 Å². The molecular weight excluding hydrogens is 244 g/mol. The number of amides is 1. The molecule has 0 bridgehead atoms. The number of nitrogens with one attached hydrogen (secondary N) is 2. The Labute approximate surface area is 113 Å². The first-order valence-electron chi connectivity index (χ1n) is 6.45. The zero-order chi connectivity index (χ0) is 12.8. The van der Waals surface area contributed by atoms with Crippen LogP contribution in [0.2, 0.25) is 0 Å². The van der Waals surface area contributed by atoms with E-state index in [1.54, 1.807) is 0 Å². The molecule has 1 aromatic carbocycles. The third-order valence-electron chi connectivity index (χ3n) is 3.08. The lowest BCUT2D eigenvalue weighted by molar-refractivity contribution is -0.117. The van der Waals surface area contributed by atoms with Gasteiger partial charge in [-0.05, 0) is 37.7 Å². The second-order valence-corrected chi connectivity index (χ2v) is 5.81. The van der Waals surface area contributed by atoms with Crippen LogP contribution in [0.4, 0.5) is 5.69 Å². The molecular formula is C14H20N2OS. The minimum atomic E-state index is -0.145. The molecule has 98 valence electrons. The van der Waals surface area contributed by atoms with Gasteiger partial charge in [0.05, 0.1) is 6.04 Å². The zero-order valence-electron chi connectivity index (χ0n) is 10.7. The molecule has 0 aliphatic carbocycles. The molecule has 1 aromatic rings. The van der Waals surface area contributed by atoms with Crippen LogP contribution in [0.25, 0.3) is 0 Å². The van der Waals surface area contributed by atoms with Crippen LogP contribution in [-0.2, 0) is 4.79 Å². The molecule has 2 atom stereocenters. The third-order valence-corrected chi connectivity index (χ3v) is 4.30. The highest BCUT2D eigenvalue weighted by molar-refractivity contribution is 7.99. The third kappa shape index (κ3) is 4.03. The molecule has 0 radical (unpaired) electrons. The molecule has 0 spiro atoms. The van der Waals surface area contributed by atoms with E-state index in [9.17, 15) is 4.79 Å². The molecule has 0 saturated carbocycles. The van der Waals surface area contributed by atoms with E-state index in [4.69, 9.17) is 0 Å². The van der Waals surface area contributed by atoms with Crippen molar-refractivity contribution in [3.05, 3.63) is 30.3 Å². The zero-order valence-corrected chi connectivity index (χ0v) is 11.5. The van der Waals surface area contributed by atoms with Crippen molar-refractivity contribution < 1.29 is 4.79 Å². The van der Waals surface area contributed by atoms with E-state index in [1.165, 1.54) is 18.6 Å². The smallest absolute Gasteiger partial charge is 0.241 e. The van der Waals surface area contributed by atoms with Gasteiger partial charge in [0, 0.05) is 17.5 Å². The van der Waals surface area contributed by atoms with Gasteiger partial charge in [-0.25, -0.2) is 0 Å². The lowest BCUT2D eigenvalue weighted by atomic mass is 10.1. The number of para-hydroxylation sites is 1. The molecule has 0 aromatic heterocycles. The maximum absolute atomic E-state index is 12.0. The highest BCUT2D eigenvalue weighted by Gasteiger charge is 2.19. The molecule has 3 nitrogen and oxygen atoms in total. The summed E-state index contributed by atoms with van der Waals surface area (Å²) >= 11 is 1.97. The Hall–Kier alpha value is -1.00. The van der Waals surface area contributed by atoms with Crippen LogP contribution in [0, 0.1) is 0 Å². The standard InChI is InChI=1S/C14H20N2OS/c1-11(15-13-8-5-9-18-10-13)14(17)16-12-6-3-2-4-7-12/h2-4,6-7,11,13,15H,5,8-10H2,1H3,(H,16,17). The molecule has 1 aliphatic heterocycles. The van der Waals surface area contributed by atoms with E-state index in [1.807, 2.05) is 49.0 Å². The Balaban J connectivity index is 1.81. The van der Waals surface area contributed by atoms with Crippen LogP contribution in [-0.4, -0.2) is 29.5 Å². The molecule has 18 heavy (non-hydrogen) atoms. The first kappa shape index (κ1) is 13.4. The Morgan fingerprint density at radius 1 is 1.39 bits per heavy atom. The van der Waals surface area contributed by atoms with Gasteiger partial charge < -0.3 is 10.6 Å². The summed E-state index contributed by atoms with van der Waals surface area (Å²) in [5, 5.41) is 6.33. The molecule has 1 saturated heterocycles. The van der Waals surface area contributed by atoms with Gasteiger partial charge >= 0.3 is 0 Å². The largest absolute Gasteiger partial charge is 0.325 e. The van der Waals surface area contributed by atoms with Gasteiger partial charge in [-0.2, -0.15) is 11.8 Å². The number of hydrogen-bond donors (Lipinski definition) is 2. The Morgan fingerprint density at radius 3 is 2.83 bits per heavy atom. The molecule has 2 unspecified atom stereocenters. The molecule has 2 rings (SSSR count). The van der Waals surface area contributed by atoms with E-state index in [0.717, 1.165) is 11.4 Å². The summed E-state index contributed by atoms with van der Waals surface area (Å²) < 4.78 is 0. The molecule has 1 amide bonds. The van der Waals surface area contributed by atoms with Gasteiger partial charge in [0.15, 0.2) is 0 Å². The number of anilines is 1. The van der Waals surface area contributed by atoms with Crippen LogP contribution >= 0.6 is 11.8 Å². The van der Waals surface area contributed by atoms with Crippen LogP contribution in [0.15, 0.2) is 30.3 Å². The normalized spacial score (nSPS) is 21.3. The van der Waals surface area contributed by atoms with Crippen molar-refractivity contribution in [2.45, 2.75) is 31.8 Å². The summed E-state index contributed by atoms with van der Waals surface area (Å²) in [5.41, 5.74) is 0.856. The quantitative estimate of drug-likeness (QED) is 0.878. The van der Waals surface area contributed by atoms with Gasteiger partial charge in [-0.15, -0.1) is 0 Å². The Bertz CT molecular complexity index is 377. The van der Waals surface area contributed by atoms with Gasteiger partial charge in [-0.3, -0.25) is 4.79 Å². The summed E-state index contributed by atoms with van der Waals surface area (Å²) in [7, 11) is 0. The van der Waals surface area contributed by atoms with Gasteiger partial charge in [0.1, 0.15) is 0 Å². The Kier molecular flexibility index (Phi) is 5.08. The highest BCUT2D eigenvalue weighted by atomic mass is 32.2. The van der Waals surface area contributed by atoms with Crippen molar-refractivity contribution >= 4 is 23.4 Å². The molecule has 4 heteroatoms. The molecule has 2 N–H and O–H groups in total. The van der Waals surface area contributed by atoms with E-state index in [0.29, 0.717) is 6.04 Å². The number of carbonyl (C=O) groups excluding carboxylic acids is 1. The lowest BCUT2D eigenvalue weighted by Crippen LogP contribution is -2.45. The second-order valence-electron chi connectivity index (χ2n) is 4.66. The predicted octanol–water partition coefficient (Wildman–Crippen LogP) is 2.50. The van der Waals surface area contributed by atoms with Gasteiger partial charge in [-0.1, -0.05) is 18.2 Å². The Morgan fingerprint density at radius 2 is 2.17 bits per heavy atom. The maximum atomic E-state index is 12.0. The maximum Gasteiger partial charge on any atom is 0.241 e. The minimum absolute atomic E-state index is 0.0387. The average Bonchev–Trinajstić information content (AvgIpc) is 2.41. The van der Waals surface area contributed by atoms with Crippen molar-refractivity contribution in [1.82, 2.24) is 5.32 Å². The van der Waals surface area contributed by atoms with Crippen molar-refractivity contribution in [1.29, 1.82) is 0 Å². The summed E-state index contributed by atoms with van der Waals surface area (Å²) in [6.45, 7) is 1.93. The molecule has 1 fully saturated rings. The first-order valence-corrected chi connectivity index (χ1v) is 7.61. The van der Waals surface area contributed by atoms with E-state index >= 15 is 0 Å². The number of hydrogen-bond acceptors (Lipinski definition) is 3. The lowest BCUT2D eigenvalue weighted by Gasteiger charge is -2.25. The minimum Gasteiger partial charge on any atom is -0.325 e. The predicted molar refractivity (Wildman–Crippen MR) is 78.0 cm³/mol. The van der Waals surface area contributed by atoms with Crippen molar-refractivity contribution in [2.75, 3.05) is 16.8 Å². The summed E-state index contributed by atoms with van der Waals surface area (Å²) in [6.07, 6.45) is 2.42. The fraction of sp³-hybridized carbons (Fsp3) is 0.500. The topological polar surface area (TPSA) is 41.1 Å². The van der Waals surface area contributed by atoms with Gasteiger partial charge in [0.2, 0.25) is 5.91 Å². The molecule has 1 aliphatic rings. The fourth-order valence-corrected chi connectivity index (χ4v) is 3.16. The summed E-state index contributed by atoms with van der Waals surface area (Å²) in [4.78, 5) is 12.0.